The van der Waals surface area contributed by atoms with Gasteiger partial charge in [-0.1, -0.05) is 37.6 Å². The molecule has 23 heavy (non-hydrogen) atoms. The highest BCUT2D eigenvalue weighted by Crippen LogP contribution is 2.23. The molecule has 0 saturated carbocycles. The summed E-state index contributed by atoms with van der Waals surface area (Å²) in [6.45, 7) is 2.04. The standard InChI is InChI=1S/C18H18F4O/c1-2-3-14-5-9-15(17(19)12-14)8-4-13-6-10-16(11-7-13)23-18(20,21)22/h5-7,9-12H,2-4,8H2,1H3. The zero-order chi connectivity index (χ0) is 16.9. The maximum absolute atomic E-state index is 14.0. The van der Waals surface area contributed by atoms with Gasteiger partial charge in [0.25, 0.3) is 0 Å². The maximum atomic E-state index is 14.0. The zero-order valence-electron chi connectivity index (χ0n) is 12.8. The summed E-state index contributed by atoms with van der Waals surface area (Å²) in [7, 11) is 0. The SMILES string of the molecule is CCCc1ccc(CCc2ccc(OC(F)(F)F)cc2)c(F)c1. The fourth-order valence-electron chi connectivity index (χ4n) is 2.37. The molecule has 0 aliphatic carbocycles. The Morgan fingerprint density at radius 3 is 2.09 bits per heavy atom. The summed E-state index contributed by atoms with van der Waals surface area (Å²) < 4.78 is 54.0. The van der Waals surface area contributed by atoms with Gasteiger partial charge < -0.3 is 4.74 Å². The molecule has 0 amide bonds. The van der Waals surface area contributed by atoms with Crippen molar-refractivity contribution in [3.63, 3.8) is 0 Å². The van der Waals surface area contributed by atoms with Gasteiger partial charge in [0.2, 0.25) is 0 Å². The van der Waals surface area contributed by atoms with Crippen molar-refractivity contribution >= 4 is 0 Å². The van der Waals surface area contributed by atoms with Crippen molar-refractivity contribution in [1.82, 2.24) is 0 Å². The molecule has 2 aromatic carbocycles. The molecule has 0 atom stereocenters. The monoisotopic (exact) mass is 326 g/mol. The van der Waals surface area contributed by atoms with E-state index in [0.29, 0.717) is 18.4 Å². The number of hydrogen-bond donors (Lipinski definition) is 0. The van der Waals surface area contributed by atoms with Crippen LogP contribution in [0.5, 0.6) is 5.75 Å². The first-order chi connectivity index (χ1) is 10.9. The number of aryl methyl sites for hydroxylation is 3. The Morgan fingerprint density at radius 1 is 0.870 bits per heavy atom. The average molecular weight is 326 g/mol. The van der Waals surface area contributed by atoms with E-state index in [1.54, 1.807) is 24.3 Å². The van der Waals surface area contributed by atoms with Crippen LogP contribution < -0.4 is 4.74 Å². The zero-order valence-corrected chi connectivity index (χ0v) is 12.8. The molecule has 0 unspecified atom stereocenters. The van der Waals surface area contributed by atoms with Crippen molar-refractivity contribution in [3.8, 4) is 5.75 Å². The van der Waals surface area contributed by atoms with E-state index >= 15 is 0 Å². The average Bonchev–Trinajstić information content (AvgIpc) is 2.47. The molecule has 0 bridgehead atoms. The predicted octanol–water partition coefficient (Wildman–Crippen LogP) is 5.46. The maximum Gasteiger partial charge on any atom is 0.573 e. The van der Waals surface area contributed by atoms with Gasteiger partial charge in [0.05, 0.1) is 0 Å². The van der Waals surface area contributed by atoms with Crippen LogP contribution in [-0.4, -0.2) is 6.36 Å². The summed E-state index contributed by atoms with van der Waals surface area (Å²) in [6.07, 6.45) is -1.83. The van der Waals surface area contributed by atoms with Crippen molar-refractivity contribution in [1.29, 1.82) is 0 Å². The minimum absolute atomic E-state index is 0.229. The van der Waals surface area contributed by atoms with Gasteiger partial charge in [-0.2, -0.15) is 0 Å². The summed E-state index contributed by atoms with van der Waals surface area (Å²) >= 11 is 0. The van der Waals surface area contributed by atoms with E-state index in [2.05, 4.69) is 4.74 Å². The van der Waals surface area contributed by atoms with E-state index in [9.17, 15) is 17.6 Å². The fourth-order valence-corrected chi connectivity index (χ4v) is 2.37. The smallest absolute Gasteiger partial charge is 0.406 e. The molecular formula is C18H18F4O. The molecule has 5 heteroatoms. The first-order valence-corrected chi connectivity index (χ1v) is 7.49. The van der Waals surface area contributed by atoms with Crippen molar-refractivity contribution in [2.75, 3.05) is 0 Å². The largest absolute Gasteiger partial charge is 0.573 e. The highest BCUT2D eigenvalue weighted by atomic mass is 19.4. The molecule has 1 nitrogen and oxygen atoms in total. The second-order valence-electron chi connectivity index (χ2n) is 5.37. The Kier molecular flexibility index (Phi) is 5.64. The highest BCUT2D eigenvalue weighted by Gasteiger charge is 2.30. The molecule has 0 aliphatic rings. The second kappa shape index (κ2) is 7.49. The Bertz CT molecular complexity index is 632. The second-order valence-corrected chi connectivity index (χ2v) is 5.37. The molecule has 2 aromatic rings. The Labute approximate surface area is 132 Å². The predicted molar refractivity (Wildman–Crippen MR) is 80.9 cm³/mol. The van der Waals surface area contributed by atoms with E-state index in [1.165, 1.54) is 12.1 Å². The van der Waals surface area contributed by atoms with Crippen LogP contribution in [0.2, 0.25) is 0 Å². The van der Waals surface area contributed by atoms with Crippen LogP contribution in [0.25, 0.3) is 0 Å². The van der Waals surface area contributed by atoms with Gasteiger partial charge in [0.15, 0.2) is 0 Å². The molecule has 124 valence electrons. The van der Waals surface area contributed by atoms with Crippen LogP contribution in [0, 0.1) is 5.82 Å². The summed E-state index contributed by atoms with van der Waals surface area (Å²) in [6, 6.07) is 10.9. The normalized spacial score (nSPS) is 11.5. The summed E-state index contributed by atoms with van der Waals surface area (Å²) in [5, 5.41) is 0. The highest BCUT2D eigenvalue weighted by molar-refractivity contribution is 5.29. The van der Waals surface area contributed by atoms with Crippen LogP contribution in [0.4, 0.5) is 17.6 Å². The molecule has 0 heterocycles. The molecule has 0 saturated heterocycles. The number of rotatable bonds is 6. The summed E-state index contributed by atoms with van der Waals surface area (Å²) in [4.78, 5) is 0. The van der Waals surface area contributed by atoms with E-state index < -0.39 is 6.36 Å². The third kappa shape index (κ3) is 5.58. The Balaban J connectivity index is 1.95. The lowest BCUT2D eigenvalue weighted by Crippen LogP contribution is -2.17. The minimum atomic E-state index is -4.69. The third-order valence-electron chi connectivity index (χ3n) is 3.50. The van der Waals surface area contributed by atoms with Gasteiger partial charge in [0, 0.05) is 0 Å². The Morgan fingerprint density at radius 2 is 1.52 bits per heavy atom. The number of alkyl halides is 3. The van der Waals surface area contributed by atoms with Gasteiger partial charge in [-0.05, 0) is 54.2 Å². The van der Waals surface area contributed by atoms with Gasteiger partial charge in [-0.15, -0.1) is 13.2 Å². The topological polar surface area (TPSA) is 9.23 Å². The fraction of sp³-hybridized carbons (Fsp3) is 0.333. The Hall–Kier alpha value is -2.04. The molecule has 0 radical (unpaired) electrons. The van der Waals surface area contributed by atoms with Crippen LogP contribution in [0.15, 0.2) is 42.5 Å². The lowest BCUT2D eigenvalue weighted by molar-refractivity contribution is -0.274. The first-order valence-electron chi connectivity index (χ1n) is 7.49. The van der Waals surface area contributed by atoms with Crippen LogP contribution in [-0.2, 0) is 19.3 Å². The molecule has 0 spiro atoms. The minimum Gasteiger partial charge on any atom is -0.406 e. The van der Waals surface area contributed by atoms with Gasteiger partial charge in [-0.25, -0.2) is 4.39 Å². The van der Waals surface area contributed by atoms with Gasteiger partial charge >= 0.3 is 6.36 Å². The molecule has 0 N–H and O–H groups in total. The quantitative estimate of drug-likeness (QED) is 0.640. The first kappa shape index (κ1) is 17.3. The van der Waals surface area contributed by atoms with E-state index in [-0.39, 0.29) is 11.6 Å². The van der Waals surface area contributed by atoms with Crippen molar-refractivity contribution < 1.29 is 22.3 Å². The van der Waals surface area contributed by atoms with Gasteiger partial charge in [0.1, 0.15) is 11.6 Å². The summed E-state index contributed by atoms with van der Waals surface area (Å²) in [5.41, 5.74) is 2.42. The van der Waals surface area contributed by atoms with Crippen LogP contribution in [0.3, 0.4) is 0 Å². The lowest BCUT2D eigenvalue weighted by atomic mass is 10.0. The van der Waals surface area contributed by atoms with Crippen molar-refractivity contribution in [2.45, 2.75) is 39.0 Å². The number of ether oxygens (including phenoxy) is 1. The van der Waals surface area contributed by atoms with E-state index in [0.717, 1.165) is 24.0 Å². The van der Waals surface area contributed by atoms with Crippen molar-refractivity contribution in [3.05, 3.63) is 65.0 Å². The van der Waals surface area contributed by atoms with E-state index in [4.69, 9.17) is 0 Å². The molecular weight excluding hydrogens is 308 g/mol. The molecule has 0 aromatic heterocycles. The molecule has 2 rings (SSSR count). The number of benzene rings is 2. The van der Waals surface area contributed by atoms with Gasteiger partial charge in [-0.3, -0.25) is 0 Å². The van der Waals surface area contributed by atoms with Crippen LogP contribution >= 0.6 is 0 Å². The molecule has 0 aliphatic heterocycles. The third-order valence-corrected chi connectivity index (χ3v) is 3.50. The van der Waals surface area contributed by atoms with Crippen molar-refractivity contribution in [2.24, 2.45) is 0 Å². The summed E-state index contributed by atoms with van der Waals surface area (Å²) in [5.74, 6) is -0.482. The lowest BCUT2D eigenvalue weighted by Gasteiger charge is -2.09. The van der Waals surface area contributed by atoms with E-state index in [1.807, 2.05) is 13.0 Å². The number of hydrogen-bond acceptors (Lipinski definition) is 1. The number of halogens is 4. The van der Waals surface area contributed by atoms with Crippen LogP contribution in [0.1, 0.15) is 30.0 Å². The molecule has 0 fully saturated rings.